The van der Waals surface area contributed by atoms with Crippen LogP contribution in [-0.4, -0.2) is 8.89 Å². The maximum Gasteiger partial charge on any atom is 0.401 e. The zero-order valence-corrected chi connectivity index (χ0v) is 7.80. The van der Waals surface area contributed by atoms with Gasteiger partial charge in [0.15, 0.2) is 0 Å². The summed E-state index contributed by atoms with van der Waals surface area (Å²) in [6, 6.07) is 0. The van der Waals surface area contributed by atoms with Gasteiger partial charge in [-0.3, -0.25) is 0 Å². The van der Waals surface area contributed by atoms with Gasteiger partial charge in [-0.2, -0.15) is 13.2 Å². The van der Waals surface area contributed by atoms with Crippen molar-refractivity contribution in [1.82, 2.24) is 0 Å². The molecule has 0 saturated carbocycles. The van der Waals surface area contributed by atoms with Gasteiger partial charge in [-0.15, -0.1) is 0 Å². The average molecular weight is 258 g/mol. The summed E-state index contributed by atoms with van der Waals surface area (Å²) < 4.78 is 29.5. The van der Waals surface area contributed by atoms with Crippen molar-refractivity contribution in [2.75, 3.05) is 0 Å². The molecule has 0 saturated heterocycles. The Labute approximate surface area is 80.1 Å². The number of rotatable bonds is 0. The Morgan fingerprint density at radius 2 is 0.700 bits per heavy atom. The monoisotopic (exact) mass is 256 g/mol. The molecular formula is C2Cl5F3. The van der Waals surface area contributed by atoms with E-state index in [1.54, 1.807) is 0 Å². The molecule has 0 aromatic carbocycles. The summed E-state index contributed by atoms with van der Waals surface area (Å²) in [4.78, 5) is -3.56. The van der Waals surface area contributed by atoms with Crippen molar-refractivity contribution in [3.8, 4) is 0 Å². The van der Waals surface area contributed by atoms with Crippen LogP contribution in [0.1, 0.15) is 0 Å². The maximum absolute atomic E-state index is 11.0. The topological polar surface area (TPSA) is 0 Å². The van der Waals surface area contributed by atoms with Crippen LogP contribution in [0.15, 0.2) is 0 Å². The molecule has 0 aliphatic carbocycles. The number of alkyl halides is 8. The van der Waals surface area contributed by atoms with Crippen LogP contribution in [0.4, 0.5) is 13.2 Å². The smallest absolute Gasteiger partial charge is 0.189 e. The fraction of sp³-hybridized carbons (Fsp3) is 1.00. The van der Waals surface area contributed by atoms with Gasteiger partial charge >= 0.3 is 8.89 Å². The fourth-order valence-corrected chi connectivity index (χ4v) is 0. The lowest BCUT2D eigenvalue weighted by Gasteiger charge is -1.89. The molecule has 0 rings (SSSR count). The molecule has 0 nitrogen and oxygen atoms in total. The summed E-state index contributed by atoms with van der Waals surface area (Å²) in [7, 11) is 0. The predicted octanol–water partition coefficient (Wildman–Crippen LogP) is 4.30. The Morgan fingerprint density at radius 1 is 0.700 bits per heavy atom. The molecule has 0 spiro atoms. The summed E-state index contributed by atoms with van der Waals surface area (Å²) in [5.74, 6) is 0. The van der Waals surface area contributed by atoms with Crippen LogP contribution in [-0.2, 0) is 0 Å². The molecule has 0 heterocycles. The van der Waals surface area contributed by atoms with Gasteiger partial charge in [-0.25, -0.2) is 0 Å². The van der Waals surface area contributed by atoms with Crippen LogP contribution >= 0.6 is 58.0 Å². The molecular weight excluding hydrogens is 258 g/mol. The van der Waals surface area contributed by atoms with E-state index in [1.807, 2.05) is 0 Å². The molecule has 10 heavy (non-hydrogen) atoms. The molecule has 0 radical (unpaired) electrons. The van der Waals surface area contributed by atoms with E-state index in [9.17, 15) is 13.2 Å². The van der Waals surface area contributed by atoms with Gasteiger partial charge in [0.05, 0.1) is 0 Å². The first kappa shape index (κ1) is 13.8. The second-order valence-electron chi connectivity index (χ2n) is 0.857. The quantitative estimate of drug-likeness (QED) is 0.568. The van der Waals surface area contributed by atoms with E-state index in [4.69, 9.17) is 0 Å². The lowest BCUT2D eigenvalue weighted by Crippen LogP contribution is -1.86. The summed E-state index contributed by atoms with van der Waals surface area (Å²) in [6.45, 7) is 0. The normalized spacial score (nSPS) is 12.0. The van der Waals surface area contributed by atoms with E-state index in [0.29, 0.717) is 0 Å². The van der Waals surface area contributed by atoms with E-state index in [2.05, 4.69) is 58.0 Å². The van der Waals surface area contributed by atoms with Crippen molar-refractivity contribution in [2.45, 2.75) is 8.89 Å². The summed E-state index contributed by atoms with van der Waals surface area (Å²) in [6.07, 6.45) is 0. The molecule has 0 aliphatic rings. The molecule has 0 amide bonds. The van der Waals surface area contributed by atoms with Crippen molar-refractivity contribution in [1.29, 1.82) is 0 Å². The van der Waals surface area contributed by atoms with Gasteiger partial charge in [0.1, 0.15) is 0 Å². The summed E-state index contributed by atoms with van der Waals surface area (Å²) in [5, 5.41) is 0. The summed E-state index contributed by atoms with van der Waals surface area (Å²) in [5.41, 5.74) is 0. The lowest BCUT2D eigenvalue weighted by atomic mass is 11.7. The highest BCUT2D eigenvalue weighted by Crippen LogP contribution is 2.26. The SMILES string of the molecule is FC(Cl)(Cl)Cl.FC(F)(Cl)Cl. The number of hydrogen-bond acceptors (Lipinski definition) is 0. The minimum absolute atomic E-state index is 2.58. The van der Waals surface area contributed by atoms with Gasteiger partial charge in [0.25, 0.3) is 0 Å². The molecule has 0 aromatic rings. The zero-order valence-electron chi connectivity index (χ0n) is 4.02. The molecule has 0 aromatic heterocycles. The molecule has 64 valence electrons. The highest BCUT2D eigenvalue weighted by atomic mass is 35.6. The fourth-order valence-electron chi connectivity index (χ4n) is 0. The first-order valence-corrected chi connectivity index (χ1v) is 3.40. The second-order valence-corrected chi connectivity index (χ2v) is 4.14. The van der Waals surface area contributed by atoms with Crippen molar-refractivity contribution in [3.63, 3.8) is 0 Å². The number of halogens is 8. The molecule has 8 heteroatoms. The van der Waals surface area contributed by atoms with Gasteiger partial charge in [0, 0.05) is 0 Å². The van der Waals surface area contributed by atoms with Crippen molar-refractivity contribution >= 4 is 58.0 Å². The number of hydrogen-bond donors (Lipinski definition) is 0. The van der Waals surface area contributed by atoms with Crippen LogP contribution in [0, 0.1) is 0 Å². The van der Waals surface area contributed by atoms with Crippen LogP contribution in [0.3, 0.4) is 0 Å². The van der Waals surface area contributed by atoms with Crippen LogP contribution in [0.2, 0.25) is 0 Å². The van der Waals surface area contributed by atoms with E-state index in [-0.39, 0.29) is 0 Å². The van der Waals surface area contributed by atoms with Gasteiger partial charge < -0.3 is 0 Å². The minimum Gasteiger partial charge on any atom is -0.189 e. The van der Waals surface area contributed by atoms with E-state index in [1.165, 1.54) is 0 Å². The van der Waals surface area contributed by atoms with Crippen molar-refractivity contribution in [3.05, 3.63) is 0 Å². The van der Waals surface area contributed by atoms with Gasteiger partial charge in [0.2, 0.25) is 0 Å². The third-order valence-corrected chi connectivity index (χ3v) is 0. The highest BCUT2D eigenvalue weighted by molar-refractivity contribution is 6.66. The van der Waals surface area contributed by atoms with E-state index >= 15 is 0 Å². The minimum atomic E-state index is -3.56. The van der Waals surface area contributed by atoms with Crippen LogP contribution in [0.5, 0.6) is 0 Å². The molecule has 0 aliphatic heterocycles. The standard InChI is InChI=1S/CCl3F.CCl2F2/c2*2-1(3,4)5. The largest absolute Gasteiger partial charge is 0.401 e. The Balaban J connectivity index is 0. The molecule has 0 atom stereocenters. The lowest BCUT2D eigenvalue weighted by molar-refractivity contribution is 0.194. The third-order valence-electron chi connectivity index (χ3n) is 0. The van der Waals surface area contributed by atoms with Gasteiger partial charge in [-0.05, 0) is 58.0 Å². The van der Waals surface area contributed by atoms with Gasteiger partial charge in [-0.1, -0.05) is 0 Å². The van der Waals surface area contributed by atoms with E-state index in [0.717, 1.165) is 0 Å². The molecule has 0 bridgehead atoms. The van der Waals surface area contributed by atoms with Crippen molar-refractivity contribution in [2.24, 2.45) is 0 Å². The maximum atomic E-state index is 11.0. The highest BCUT2D eigenvalue weighted by Gasteiger charge is 2.17. The Bertz CT molecular complexity index is 57.9. The third kappa shape index (κ3) is 408. The Hall–Kier alpha value is 1.24. The average Bonchev–Trinajstić information content (AvgIpc) is 1.12. The van der Waals surface area contributed by atoms with Crippen molar-refractivity contribution < 1.29 is 13.2 Å². The molecule has 0 fully saturated rings. The molecule has 0 N–H and O–H groups in total. The zero-order chi connectivity index (χ0) is 9.00. The molecule has 0 unspecified atom stereocenters. The predicted molar refractivity (Wildman–Crippen MR) is 38.1 cm³/mol. The Morgan fingerprint density at radius 3 is 0.700 bits per heavy atom. The summed E-state index contributed by atoms with van der Waals surface area (Å²) >= 11 is 21.1. The first-order chi connectivity index (χ1) is 4.00. The van der Waals surface area contributed by atoms with Crippen LogP contribution < -0.4 is 0 Å². The Kier molecular flexibility index (Phi) is 6.88. The second kappa shape index (κ2) is 4.99. The van der Waals surface area contributed by atoms with E-state index < -0.39 is 8.89 Å². The van der Waals surface area contributed by atoms with Crippen LogP contribution in [0.25, 0.3) is 0 Å². The first-order valence-electron chi connectivity index (χ1n) is 1.51.